The molecule has 0 spiro atoms. The lowest BCUT2D eigenvalue weighted by molar-refractivity contribution is -0.155. The third-order valence-electron chi connectivity index (χ3n) is 1.55. The van der Waals surface area contributed by atoms with Crippen LogP contribution in [0.25, 0.3) is 0 Å². The third kappa shape index (κ3) is 3.00. The first-order chi connectivity index (χ1) is 6.45. The smallest absolute Gasteiger partial charge is 0.327 e. The molecule has 6 nitrogen and oxygen atoms in total. The van der Waals surface area contributed by atoms with Crippen molar-refractivity contribution in [3.05, 3.63) is 0 Å². The summed E-state index contributed by atoms with van der Waals surface area (Å²) in [6.07, 6.45) is 0. The molecule has 3 N–H and O–H groups in total. The normalized spacial score (nSPS) is 11.9. The minimum absolute atomic E-state index is 0.138. The highest BCUT2D eigenvalue weighted by atomic mass is 32.1. The van der Waals surface area contributed by atoms with Crippen molar-refractivity contribution >= 4 is 30.4 Å². The largest absolute Gasteiger partial charge is 0.480 e. The zero-order chi connectivity index (χ0) is 11.3. The van der Waals surface area contributed by atoms with Gasteiger partial charge in [-0.05, 0) is 0 Å². The van der Waals surface area contributed by atoms with Gasteiger partial charge in [0.15, 0.2) is 0 Å². The number of carboxylic acids is 1. The predicted octanol–water partition coefficient (Wildman–Crippen LogP) is -1.30. The molecule has 0 aromatic heterocycles. The van der Waals surface area contributed by atoms with Crippen molar-refractivity contribution in [1.82, 2.24) is 4.90 Å². The molecule has 0 aliphatic carbocycles. The van der Waals surface area contributed by atoms with Gasteiger partial charge in [0, 0.05) is 12.7 Å². The molecule has 0 saturated heterocycles. The Labute approximate surface area is 86.5 Å². The molecule has 0 heterocycles. The molecule has 0 saturated carbocycles. The Morgan fingerprint density at radius 2 is 2.00 bits per heavy atom. The number of carbonyl (C=O) groups excluding carboxylic acids is 2. The van der Waals surface area contributed by atoms with Gasteiger partial charge in [-0.2, -0.15) is 12.6 Å². The van der Waals surface area contributed by atoms with Crippen LogP contribution in [0.3, 0.4) is 0 Å². The average Bonchev–Trinajstić information content (AvgIpc) is 2.11. The maximum atomic E-state index is 11.1. The summed E-state index contributed by atoms with van der Waals surface area (Å²) < 4.78 is 0. The number of imide groups is 1. The van der Waals surface area contributed by atoms with Crippen LogP contribution < -0.4 is 5.73 Å². The number of rotatable bonds is 4. The van der Waals surface area contributed by atoms with E-state index in [0.29, 0.717) is 4.90 Å². The number of hydrogen-bond acceptors (Lipinski definition) is 5. The standard InChI is InChI=1S/C7H12N2O4S/c1-4(10)9(6(11)2-8)5(3-14)7(12)13/h5,14H,2-3,8H2,1H3,(H,12,13). The van der Waals surface area contributed by atoms with Crippen LogP contribution in [-0.4, -0.2) is 46.1 Å². The SMILES string of the molecule is CC(=O)N(C(=O)CN)C(CS)C(=O)O. The molecular formula is C7H12N2O4S. The van der Waals surface area contributed by atoms with Gasteiger partial charge in [0.2, 0.25) is 11.8 Å². The number of hydrogen-bond donors (Lipinski definition) is 3. The van der Waals surface area contributed by atoms with Crippen molar-refractivity contribution in [3.8, 4) is 0 Å². The van der Waals surface area contributed by atoms with Gasteiger partial charge in [-0.25, -0.2) is 4.79 Å². The van der Waals surface area contributed by atoms with E-state index in [4.69, 9.17) is 10.8 Å². The lowest BCUT2D eigenvalue weighted by Crippen LogP contribution is -2.50. The monoisotopic (exact) mass is 220 g/mol. The van der Waals surface area contributed by atoms with Crippen LogP contribution in [0.2, 0.25) is 0 Å². The van der Waals surface area contributed by atoms with Gasteiger partial charge in [-0.15, -0.1) is 0 Å². The molecule has 0 aliphatic heterocycles. The molecule has 2 amide bonds. The van der Waals surface area contributed by atoms with Crippen molar-refractivity contribution in [3.63, 3.8) is 0 Å². The maximum absolute atomic E-state index is 11.1. The van der Waals surface area contributed by atoms with E-state index in [0.717, 1.165) is 6.92 Å². The maximum Gasteiger partial charge on any atom is 0.327 e. The molecule has 0 bridgehead atoms. The second-order valence-corrected chi connectivity index (χ2v) is 2.89. The summed E-state index contributed by atoms with van der Waals surface area (Å²) in [6, 6.07) is -1.26. The number of nitrogens with zero attached hydrogens (tertiary/aromatic N) is 1. The molecule has 1 unspecified atom stereocenters. The van der Waals surface area contributed by atoms with Crippen molar-refractivity contribution < 1.29 is 19.5 Å². The molecule has 0 radical (unpaired) electrons. The van der Waals surface area contributed by atoms with Crippen LogP contribution >= 0.6 is 12.6 Å². The summed E-state index contributed by atoms with van der Waals surface area (Å²) in [5.41, 5.74) is 5.04. The van der Waals surface area contributed by atoms with Gasteiger partial charge < -0.3 is 10.8 Å². The Balaban J connectivity index is 4.88. The summed E-state index contributed by atoms with van der Waals surface area (Å²) in [6.45, 7) is 0.698. The van der Waals surface area contributed by atoms with E-state index in [-0.39, 0.29) is 5.75 Å². The highest BCUT2D eigenvalue weighted by molar-refractivity contribution is 7.80. The Morgan fingerprint density at radius 1 is 1.50 bits per heavy atom. The summed E-state index contributed by atoms with van der Waals surface area (Å²) in [5, 5.41) is 8.70. The van der Waals surface area contributed by atoms with Crippen molar-refractivity contribution in [2.45, 2.75) is 13.0 Å². The molecule has 0 aromatic carbocycles. The zero-order valence-corrected chi connectivity index (χ0v) is 8.53. The van der Waals surface area contributed by atoms with Crippen LogP contribution in [0.1, 0.15) is 6.92 Å². The number of thiol groups is 1. The number of aliphatic carboxylic acids is 1. The van der Waals surface area contributed by atoms with Crippen LogP contribution in [0.4, 0.5) is 0 Å². The minimum Gasteiger partial charge on any atom is -0.480 e. The number of carbonyl (C=O) groups is 3. The van der Waals surface area contributed by atoms with E-state index in [2.05, 4.69) is 12.6 Å². The first kappa shape index (κ1) is 12.9. The Kier molecular flexibility index (Phi) is 5.18. The highest BCUT2D eigenvalue weighted by Gasteiger charge is 2.30. The molecule has 0 aliphatic rings. The number of nitrogens with two attached hydrogens (primary N) is 1. The van der Waals surface area contributed by atoms with E-state index < -0.39 is 30.4 Å². The van der Waals surface area contributed by atoms with Crippen LogP contribution in [0.5, 0.6) is 0 Å². The van der Waals surface area contributed by atoms with E-state index >= 15 is 0 Å². The van der Waals surface area contributed by atoms with Crippen molar-refractivity contribution in [1.29, 1.82) is 0 Å². The Bertz CT molecular complexity index is 256. The van der Waals surface area contributed by atoms with Gasteiger partial charge >= 0.3 is 5.97 Å². The quantitative estimate of drug-likeness (QED) is 0.511. The number of amides is 2. The Morgan fingerprint density at radius 3 is 2.21 bits per heavy atom. The fraction of sp³-hybridized carbons (Fsp3) is 0.571. The lowest BCUT2D eigenvalue weighted by Gasteiger charge is -2.24. The van der Waals surface area contributed by atoms with Gasteiger partial charge in [-0.1, -0.05) is 0 Å². The molecule has 0 fully saturated rings. The average molecular weight is 220 g/mol. The first-order valence-corrected chi connectivity index (χ1v) is 4.45. The van der Waals surface area contributed by atoms with E-state index in [1.165, 1.54) is 0 Å². The minimum atomic E-state index is -1.28. The summed E-state index contributed by atoms with van der Waals surface area (Å²) in [4.78, 5) is 33.4. The van der Waals surface area contributed by atoms with E-state index in [1.807, 2.05) is 0 Å². The van der Waals surface area contributed by atoms with Crippen LogP contribution in [0.15, 0.2) is 0 Å². The third-order valence-corrected chi connectivity index (χ3v) is 1.90. The van der Waals surface area contributed by atoms with Crippen LogP contribution in [0, 0.1) is 0 Å². The molecule has 14 heavy (non-hydrogen) atoms. The summed E-state index contributed by atoms with van der Waals surface area (Å²) in [5.74, 6) is -2.79. The summed E-state index contributed by atoms with van der Waals surface area (Å²) >= 11 is 3.75. The second kappa shape index (κ2) is 5.61. The molecule has 1 atom stereocenters. The molecule has 7 heteroatoms. The van der Waals surface area contributed by atoms with Gasteiger partial charge in [0.05, 0.1) is 6.54 Å². The highest BCUT2D eigenvalue weighted by Crippen LogP contribution is 2.03. The topological polar surface area (TPSA) is 101 Å². The Hall–Kier alpha value is -1.08. The van der Waals surface area contributed by atoms with Crippen molar-refractivity contribution in [2.75, 3.05) is 12.3 Å². The first-order valence-electron chi connectivity index (χ1n) is 3.82. The van der Waals surface area contributed by atoms with Gasteiger partial charge in [0.25, 0.3) is 0 Å². The summed E-state index contributed by atoms with van der Waals surface area (Å²) in [7, 11) is 0. The molecule has 0 rings (SSSR count). The van der Waals surface area contributed by atoms with Crippen LogP contribution in [-0.2, 0) is 14.4 Å². The predicted molar refractivity (Wildman–Crippen MR) is 51.9 cm³/mol. The number of carboxylic acid groups (broad SMARTS) is 1. The van der Waals surface area contributed by atoms with Gasteiger partial charge in [0.1, 0.15) is 6.04 Å². The van der Waals surface area contributed by atoms with E-state index in [1.54, 1.807) is 0 Å². The van der Waals surface area contributed by atoms with E-state index in [9.17, 15) is 14.4 Å². The fourth-order valence-corrected chi connectivity index (χ4v) is 1.26. The fourth-order valence-electron chi connectivity index (χ4n) is 0.937. The lowest BCUT2D eigenvalue weighted by atomic mass is 10.2. The molecule has 0 aromatic rings. The van der Waals surface area contributed by atoms with Gasteiger partial charge in [-0.3, -0.25) is 14.5 Å². The molecular weight excluding hydrogens is 208 g/mol. The zero-order valence-electron chi connectivity index (χ0n) is 7.64. The van der Waals surface area contributed by atoms with Crippen molar-refractivity contribution in [2.24, 2.45) is 5.73 Å². The second-order valence-electron chi connectivity index (χ2n) is 2.52. The molecule has 80 valence electrons.